The number of Topliss-reactive ketones (excluding diaryl/α,β-unsaturated/α-hetero) is 1. The van der Waals surface area contributed by atoms with Crippen molar-refractivity contribution in [3.63, 3.8) is 0 Å². The van der Waals surface area contributed by atoms with E-state index in [1.807, 2.05) is 36.4 Å². The van der Waals surface area contributed by atoms with E-state index in [4.69, 9.17) is 0 Å². The van der Waals surface area contributed by atoms with Gasteiger partial charge in [0.25, 0.3) is 5.91 Å². The van der Waals surface area contributed by atoms with Crippen LogP contribution in [0.3, 0.4) is 0 Å². The zero-order valence-electron chi connectivity index (χ0n) is 32.4. The van der Waals surface area contributed by atoms with Gasteiger partial charge in [-0.15, -0.1) is 0 Å². The van der Waals surface area contributed by atoms with Gasteiger partial charge >= 0.3 is 0 Å². The van der Waals surface area contributed by atoms with Crippen LogP contribution in [0.1, 0.15) is 153 Å². The molecule has 0 radical (unpaired) electrons. The Balaban J connectivity index is 0.968. The molecule has 2 N–H and O–H groups in total. The van der Waals surface area contributed by atoms with Crippen LogP contribution in [0.25, 0.3) is 0 Å². The monoisotopic (exact) mass is 731 g/mol. The summed E-state index contributed by atoms with van der Waals surface area (Å²) in [5.41, 5.74) is 3.49. The third-order valence-corrected chi connectivity index (χ3v) is 11.9. The van der Waals surface area contributed by atoms with Crippen LogP contribution in [0.5, 0.6) is 0 Å². The summed E-state index contributed by atoms with van der Waals surface area (Å²) in [6, 6.07) is 27.3. The quantitative estimate of drug-likeness (QED) is 0.0796. The zero-order valence-corrected chi connectivity index (χ0v) is 32.4. The van der Waals surface area contributed by atoms with E-state index in [-0.39, 0.29) is 60.5 Å². The molecule has 0 bridgehead atoms. The standard InChI is InChI=1S/C47H61N3O4/c1-2-3-4-5-6-7-8-9-10-11-12-13-20-25-44(51)36-26-28-37(29-27-36)47(54)50-32-40(45(52)48-42-30-38(42)34-21-16-14-17-22-34)41(33-50)46(53)49-43-31-39(43)35-23-18-15-19-24-35/h14-19,21-24,26-29,38-43H,2-13,20,25,30-33H2,1H3,(H,48,52)(H,49,53)/t38-,39-,40-,41-,42+,43+/m1/s1. The molecule has 54 heavy (non-hydrogen) atoms. The van der Waals surface area contributed by atoms with E-state index in [0.717, 1.165) is 25.7 Å². The molecule has 1 aliphatic heterocycles. The van der Waals surface area contributed by atoms with Crippen LogP contribution in [-0.4, -0.2) is 53.6 Å². The summed E-state index contributed by atoms with van der Waals surface area (Å²) < 4.78 is 0. The van der Waals surface area contributed by atoms with Gasteiger partial charge in [0.2, 0.25) is 11.8 Å². The van der Waals surface area contributed by atoms with Gasteiger partial charge in [-0.1, -0.05) is 157 Å². The van der Waals surface area contributed by atoms with E-state index in [9.17, 15) is 19.2 Å². The van der Waals surface area contributed by atoms with Crippen molar-refractivity contribution in [1.29, 1.82) is 0 Å². The number of hydrogen-bond donors (Lipinski definition) is 2. The normalized spacial score (nSPS) is 22.8. The molecule has 6 atom stereocenters. The van der Waals surface area contributed by atoms with E-state index in [2.05, 4.69) is 41.8 Å². The minimum absolute atomic E-state index is 0.0315. The summed E-state index contributed by atoms with van der Waals surface area (Å²) in [4.78, 5) is 55.9. The van der Waals surface area contributed by atoms with Gasteiger partial charge in [0.1, 0.15) is 0 Å². The first kappa shape index (κ1) is 39.4. The number of benzene rings is 3. The molecule has 288 valence electrons. The van der Waals surface area contributed by atoms with E-state index < -0.39 is 11.8 Å². The number of unbranched alkanes of at least 4 members (excludes halogenated alkanes) is 12. The Kier molecular flexibility index (Phi) is 14.5. The lowest BCUT2D eigenvalue weighted by molar-refractivity contribution is -0.133. The second kappa shape index (κ2) is 19.9. The highest BCUT2D eigenvalue weighted by atomic mass is 16.2. The second-order valence-electron chi connectivity index (χ2n) is 16.2. The van der Waals surface area contributed by atoms with Gasteiger partial charge in [0, 0.05) is 54.6 Å². The molecule has 3 aromatic rings. The molecule has 3 fully saturated rings. The van der Waals surface area contributed by atoms with Crippen molar-refractivity contribution in [3.05, 3.63) is 107 Å². The van der Waals surface area contributed by atoms with Crippen LogP contribution in [-0.2, 0) is 9.59 Å². The number of ketones is 1. The number of amides is 3. The Morgan fingerprint density at radius 3 is 1.39 bits per heavy atom. The fourth-order valence-electron chi connectivity index (χ4n) is 8.36. The Labute approximate surface area is 323 Å². The highest BCUT2D eigenvalue weighted by Crippen LogP contribution is 2.42. The number of carbonyl (C=O) groups excluding carboxylic acids is 4. The van der Waals surface area contributed by atoms with Crippen LogP contribution in [0.4, 0.5) is 0 Å². The highest BCUT2D eigenvalue weighted by molar-refractivity contribution is 5.99. The predicted octanol–water partition coefficient (Wildman–Crippen LogP) is 9.38. The lowest BCUT2D eigenvalue weighted by Gasteiger charge is -2.18. The fourth-order valence-corrected chi connectivity index (χ4v) is 8.36. The molecule has 0 unspecified atom stereocenters. The van der Waals surface area contributed by atoms with Gasteiger partial charge in [0.05, 0.1) is 11.8 Å². The van der Waals surface area contributed by atoms with Gasteiger partial charge in [0.15, 0.2) is 5.78 Å². The summed E-state index contributed by atoms with van der Waals surface area (Å²) in [6.07, 6.45) is 18.8. The van der Waals surface area contributed by atoms with Crippen molar-refractivity contribution in [2.75, 3.05) is 13.1 Å². The molecule has 7 heteroatoms. The molecule has 1 heterocycles. The van der Waals surface area contributed by atoms with Crippen LogP contribution < -0.4 is 10.6 Å². The molecule has 0 spiro atoms. The molecular weight excluding hydrogens is 671 g/mol. The van der Waals surface area contributed by atoms with Crippen molar-refractivity contribution in [2.24, 2.45) is 11.8 Å². The highest BCUT2D eigenvalue weighted by Gasteiger charge is 2.48. The maximum atomic E-state index is 13.8. The number of hydrogen-bond acceptors (Lipinski definition) is 4. The first-order valence-electron chi connectivity index (χ1n) is 21.1. The van der Waals surface area contributed by atoms with Gasteiger partial charge < -0.3 is 15.5 Å². The topological polar surface area (TPSA) is 95.6 Å². The van der Waals surface area contributed by atoms with Crippen molar-refractivity contribution in [3.8, 4) is 0 Å². The van der Waals surface area contributed by atoms with E-state index in [1.54, 1.807) is 29.2 Å². The molecule has 0 aromatic heterocycles. The fraction of sp³-hybridized carbons (Fsp3) is 0.532. The second-order valence-corrected chi connectivity index (χ2v) is 16.2. The number of rotatable bonds is 22. The Hall–Kier alpha value is -4.26. The van der Waals surface area contributed by atoms with Crippen molar-refractivity contribution < 1.29 is 19.2 Å². The Morgan fingerprint density at radius 1 is 0.537 bits per heavy atom. The molecule has 2 aliphatic carbocycles. The maximum Gasteiger partial charge on any atom is 0.253 e. The van der Waals surface area contributed by atoms with Crippen LogP contribution in [0.2, 0.25) is 0 Å². The summed E-state index contributed by atoms with van der Waals surface area (Å²) in [7, 11) is 0. The van der Waals surface area contributed by atoms with Gasteiger partial charge in [-0.3, -0.25) is 19.2 Å². The zero-order chi connectivity index (χ0) is 37.7. The van der Waals surface area contributed by atoms with Crippen molar-refractivity contribution in [1.82, 2.24) is 15.5 Å². The number of carbonyl (C=O) groups is 4. The van der Waals surface area contributed by atoms with Gasteiger partial charge in [-0.05, 0) is 42.5 Å². The lowest BCUT2D eigenvalue weighted by Crippen LogP contribution is -2.43. The average Bonchev–Trinajstić information content (AvgIpc) is 4.11. The average molecular weight is 732 g/mol. The molecular formula is C47H61N3O4. The Bertz CT molecular complexity index is 1580. The first-order chi connectivity index (χ1) is 26.4. The molecule has 3 aromatic carbocycles. The van der Waals surface area contributed by atoms with Gasteiger partial charge in [-0.2, -0.15) is 0 Å². The number of nitrogens with zero attached hydrogens (tertiary/aromatic N) is 1. The van der Waals surface area contributed by atoms with Crippen LogP contribution in [0.15, 0.2) is 84.9 Å². The summed E-state index contributed by atoms with van der Waals surface area (Å²) in [6.45, 7) is 2.62. The summed E-state index contributed by atoms with van der Waals surface area (Å²) in [5, 5.41) is 6.41. The van der Waals surface area contributed by atoms with E-state index in [1.165, 1.54) is 81.8 Å². The summed E-state index contributed by atoms with van der Waals surface area (Å²) in [5.74, 6) is -1.19. The molecule has 2 saturated carbocycles. The molecule has 3 aliphatic rings. The first-order valence-corrected chi connectivity index (χ1v) is 21.1. The minimum Gasteiger partial charge on any atom is -0.352 e. The molecule has 6 rings (SSSR count). The minimum atomic E-state index is -0.638. The Morgan fingerprint density at radius 2 is 0.944 bits per heavy atom. The molecule has 1 saturated heterocycles. The third kappa shape index (κ3) is 11.1. The summed E-state index contributed by atoms with van der Waals surface area (Å²) >= 11 is 0. The van der Waals surface area contributed by atoms with Crippen molar-refractivity contribution >= 4 is 23.5 Å². The molecule has 7 nitrogen and oxygen atoms in total. The van der Waals surface area contributed by atoms with Crippen LogP contribution >= 0.6 is 0 Å². The van der Waals surface area contributed by atoms with Crippen molar-refractivity contribution in [2.45, 2.75) is 134 Å². The molecule has 3 amide bonds. The van der Waals surface area contributed by atoms with Gasteiger partial charge in [-0.25, -0.2) is 0 Å². The van der Waals surface area contributed by atoms with E-state index in [0.29, 0.717) is 17.5 Å². The third-order valence-electron chi connectivity index (χ3n) is 11.9. The number of nitrogens with one attached hydrogen (secondary N) is 2. The lowest BCUT2D eigenvalue weighted by atomic mass is 9.94. The smallest absolute Gasteiger partial charge is 0.253 e. The van der Waals surface area contributed by atoms with Crippen LogP contribution in [0, 0.1) is 11.8 Å². The van der Waals surface area contributed by atoms with E-state index >= 15 is 0 Å². The SMILES string of the molecule is CCCCCCCCCCCCCCCC(=O)c1ccc(C(=O)N2C[C@@H](C(=O)N[C@H]3C[C@@H]3c3ccccc3)[C@H](C(=O)N[C@H]3C[C@@H]3c3ccccc3)C2)cc1. The largest absolute Gasteiger partial charge is 0.352 e. The number of likely N-dealkylation sites (tertiary alicyclic amines) is 1. The maximum absolute atomic E-state index is 13.8. The predicted molar refractivity (Wildman–Crippen MR) is 215 cm³/mol.